The largest absolute Gasteiger partial charge is 0.478 e. The zero-order valence-corrected chi connectivity index (χ0v) is 10.3. The molecule has 2 aromatic rings. The lowest BCUT2D eigenvalue weighted by atomic mass is 10.0. The molecule has 1 atom stereocenters. The minimum absolute atomic E-state index is 0.143. The average Bonchev–Trinajstić information content (AvgIpc) is 2.47. The molecule has 1 aromatic carbocycles. The number of carboxylic acids is 1. The third-order valence-electron chi connectivity index (χ3n) is 3.11. The van der Waals surface area contributed by atoms with E-state index >= 15 is 0 Å². The lowest BCUT2D eigenvalue weighted by molar-refractivity contribution is 0.0693. The van der Waals surface area contributed by atoms with E-state index in [0.29, 0.717) is 16.9 Å². The van der Waals surface area contributed by atoms with Crippen molar-refractivity contribution < 1.29 is 14.7 Å². The molecule has 3 rings (SSSR count). The van der Waals surface area contributed by atoms with E-state index in [1.165, 1.54) is 6.07 Å². The number of nitrogens with zero attached hydrogens (tertiary/aromatic N) is 1. The van der Waals surface area contributed by atoms with Crippen LogP contribution < -0.4 is 10.6 Å². The number of carboxylic acid groups (broad SMARTS) is 1. The van der Waals surface area contributed by atoms with Crippen LogP contribution in [-0.4, -0.2) is 22.0 Å². The van der Waals surface area contributed by atoms with Crippen molar-refractivity contribution in [3.63, 3.8) is 0 Å². The van der Waals surface area contributed by atoms with Gasteiger partial charge in [-0.2, -0.15) is 0 Å². The van der Waals surface area contributed by atoms with Gasteiger partial charge in [0.15, 0.2) is 0 Å². The predicted molar refractivity (Wildman–Crippen MR) is 71.5 cm³/mol. The third-order valence-corrected chi connectivity index (χ3v) is 3.11. The van der Waals surface area contributed by atoms with Crippen LogP contribution in [0.25, 0.3) is 0 Å². The van der Waals surface area contributed by atoms with E-state index in [9.17, 15) is 14.7 Å². The number of amides is 1. The molecular weight excluding hydrogens is 258 g/mol. The van der Waals surface area contributed by atoms with Gasteiger partial charge in [-0.15, -0.1) is 0 Å². The molecule has 100 valence electrons. The molecule has 0 saturated heterocycles. The summed E-state index contributed by atoms with van der Waals surface area (Å²) >= 11 is 0. The van der Waals surface area contributed by atoms with Crippen LogP contribution >= 0.6 is 0 Å². The quantitative estimate of drug-likeness (QED) is 0.770. The molecule has 1 aromatic heterocycles. The summed E-state index contributed by atoms with van der Waals surface area (Å²) in [5.74, 6) is -0.873. The number of carbonyl (C=O) groups is 2. The van der Waals surface area contributed by atoms with E-state index in [-0.39, 0.29) is 11.5 Å². The Kier molecular flexibility index (Phi) is 2.83. The number of aromatic nitrogens is 1. The molecule has 1 aliphatic heterocycles. The van der Waals surface area contributed by atoms with Gasteiger partial charge in [0.1, 0.15) is 12.0 Å². The van der Waals surface area contributed by atoms with Crippen LogP contribution in [0.2, 0.25) is 0 Å². The van der Waals surface area contributed by atoms with Gasteiger partial charge in [-0.05, 0) is 18.2 Å². The molecule has 6 heteroatoms. The first-order chi connectivity index (χ1) is 9.66. The van der Waals surface area contributed by atoms with Gasteiger partial charge in [-0.25, -0.2) is 9.78 Å². The van der Waals surface area contributed by atoms with E-state index in [4.69, 9.17) is 0 Å². The fourth-order valence-corrected chi connectivity index (χ4v) is 2.18. The van der Waals surface area contributed by atoms with Crippen molar-refractivity contribution in [3.8, 4) is 0 Å². The Bertz CT molecular complexity index is 700. The van der Waals surface area contributed by atoms with Crippen molar-refractivity contribution in [3.05, 3.63) is 59.3 Å². The first-order valence-electron chi connectivity index (χ1n) is 6.01. The van der Waals surface area contributed by atoms with Crippen molar-refractivity contribution in [1.82, 2.24) is 10.3 Å². The second kappa shape index (κ2) is 4.65. The summed E-state index contributed by atoms with van der Waals surface area (Å²) in [7, 11) is 0. The number of rotatable bonds is 2. The molecule has 6 nitrogen and oxygen atoms in total. The molecule has 1 aliphatic rings. The Morgan fingerprint density at radius 3 is 2.75 bits per heavy atom. The first-order valence-corrected chi connectivity index (χ1v) is 6.01. The van der Waals surface area contributed by atoms with Crippen molar-refractivity contribution >= 4 is 17.7 Å². The SMILES string of the molecule is O=C(O)c1ccccc1C1NC(=O)c2cccnc2N1. The lowest BCUT2D eigenvalue weighted by Crippen LogP contribution is -2.39. The van der Waals surface area contributed by atoms with Crippen LogP contribution in [0.3, 0.4) is 0 Å². The van der Waals surface area contributed by atoms with Gasteiger partial charge >= 0.3 is 5.97 Å². The van der Waals surface area contributed by atoms with Crippen LogP contribution in [0.4, 0.5) is 5.82 Å². The van der Waals surface area contributed by atoms with E-state index in [1.54, 1.807) is 36.5 Å². The second-order valence-corrected chi connectivity index (χ2v) is 4.34. The number of benzene rings is 1. The highest BCUT2D eigenvalue weighted by Crippen LogP contribution is 2.26. The summed E-state index contributed by atoms with van der Waals surface area (Å²) < 4.78 is 0. The van der Waals surface area contributed by atoms with Crippen LogP contribution in [0, 0.1) is 0 Å². The molecule has 3 N–H and O–H groups in total. The van der Waals surface area contributed by atoms with E-state index in [2.05, 4.69) is 15.6 Å². The molecule has 0 bridgehead atoms. The number of hydrogen-bond donors (Lipinski definition) is 3. The smallest absolute Gasteiger partial charge is 0.336 e. The number of aromatic carboxylic acids is 1. The average molecular weight is 269 g/mol. The van der Waals surface area contributed by atoms with E-state index in [1.807, 2.05) is 0 Å². The highest BCUT2D eigenvalue weighted by atomic mass is 16.4. The first kappa shape index (κ1) is 12.2. The minimum atomic E-state index is -1.04. The molecule has 2 heterocycles. The number of hydrogen-bond acceptors (Lipinski definition) is 4. The lowest BCUT2D eigenvalue weighted by Gasteiger charge is -2.27. The van der Waals surface area contributed by atoms with Crippen molar-refractivity contribution in [2.45, 2.75) is 6.17 Å². The fourth-order valence-electron chi connectivity index (χ4n) is 2.18. The summed E-state index contributed by atoms with van der Waals surface area (Å²) in [6, 6.07) is 9.86. The Labute approximate surface area is 114 Å². The Morgan fingerprint density at radius 2 is 1.95 bits per heavy atom. The number of nitrogens with one attached hydrogen (secondary N) is 2. The third kappa shape index (κ3) is 1.97. The van der Waals surface area contributed by atoms with Gasteiger partial charge in [0.05, 0.1) is 11.1 Å². The maximum absolute atomic E-state index is 12.0. The van der Waals surface area contributed by atoms with E-state index < -0.39 is 12.1 Å². The van der Waals surface area contributed by atoms with Crippen molar-refractivity contribution in [2.75, 3.05) is 5.32 Å². The zero-order chi connectivity index (χ0) is 14.1. The molecule has 20 heavy (non-hydrogen) atoms. The fraction of sp³-hybridized carbons (Fsp3) is 0.0714. The number of pyridine rings is 1. The summed E-state index contributed by atoms with van der Waals surface area (Å²) in [5, 5.41) is 15.0. The van der Waals surface area contributed by atoms with Gasteiger partial charge in [0.25, 0.3) is 5.91 Å². The topological polar surface area (TPSA) is 91.3 Å². The molecule has 0 fully saturated rings. The maximum Gasteiger partial charge on any atom is 0.336 e. The van der Waals surface area contributed by atoms with Crippen LogP contribution in [0.15, 0.2) is 42.6 Å². The van der Waals surface area contributed by atoms with Gasteiger partial charge in [-0.3, -0.25) is 4.79 Å². The van der Waals surface area contributed by atoms with Crippen LogP contribution in [0.5, 0.6) is 0 Å². The van der Waals surface area contributed by atoms with Crippen LogP contribution in [0.1, 0.15) is 32.4 Å². The Morgan fingerprint density at radius 1 is 1.15 bits per heavy atom. The van der Waals surface area contributed by atoms with E-state index in [0.717, 1.165) is 0 Å². The molecule has 0 aliphatic carbocycles. The zero-order valence-electron chi connectivity index (χ0n) is 10.3. The highest BCUT2D eigenvalue weighted by Gasteiger charge is 2.27. The molecule has 0 saturated carbocycles. The van der Waals surface area contributed by atoms with Gasteiger partial charge in [0.2, 0.25) is 0 Å². The number of anilines is 1. The number of fused-ring (bicyclic) bond motifs is 1. The summed E-state index contributed by atoms with van der Waals surface area (Å²) in [5.41, 5.74) is 1.07. The molecule has 1 amide bonds. The second-order valence-electron chi connectivity index (χ2n) is 4.34. The minimum Gasteiger partial charge on any atom is -0.478 e. The van der Waals surface area contributed by atoms with Crippen molar-refractivity contribution in [1.29, 1.82) is 0 Å². The monoisotopic (exact) mass is 269 g/mol. The molecule has 0 radical (unpaired) electrons. The summed E-state index contributed by atoms with van der Waals surface area (Å²) in [6.07, 6.45) is 0.960. The highest BCUT2D eigenvalue weighted by molar-refractivity contribution is 6.01. The Hall–Kier alpha value is -2.89. The summed E-state index contributed by atoms with van der Waals surface area (Å²) in [4.78, 5) is 27.3. The molecule has 1 unspecified atom stereocenters. The van der Waals surface area contributed by atoms with Gasteiger partial charge < -0.3 is 15.7 Å². The predicted octanol–water partition coefficient (Wildman–Crippen LogP) is 1.63. The Balaban J connectivity index is 2.02. The van der Waals surface area contributed by atoms with Crippen molar-refractivity contribution in [2.24, 2.45) is 0 Å². The van der Waals surface area contributed by atoms with Gasteiger partial charge in [-0.1, -0.05) is 18.2 Å². The van der Waals surface area contributed by atoms with Crippen LogP contribution in [-0.2, 0) is 0 Å². The van der Waals surface area contributed by atoms with Gasteiger partial charge in [0, 0.05) is 11.8 Å². The standard InChI is InChI=1S/C14H11N3O3/c18-13-10-6-3-7-15-11(10)16-12(17-13)8-4-1-2-5-9(8)14(19)20/h1-7,12H,(H,15,16)(H,17,18)(H,19,20). The normalized spacial score (nSPS) is 16.8. The maximum atomic E-state index is 12.0. The summed E-state index contributed by atoms with van der Waals surface area (Å²) in [6.45, 7) is 0. The molecular formula is C14H11N3O3. The molecule has 0 spiro atoms. The number of carbonyl (C=O) groups excluding carboxylic acids is 1.